The average molecular weight is 268 g/mol. The maximum Gasteiger partial charge on any atom is 0.260 e. The molecule has 0 N–H and O–H groups in total. The summed E-state index contributed by atoms with van der Waals surface area (Å²) >= 11 is 5.75. The fraction of sp³-hybridized carbons (Fsp3) is 0.429. The minimum Gasteiger partial charge on any atom is -0.282 e. The zero-order chi connectivity index (χ0) is 13.5. The van der Waals surface area contributed by atoms with Gasteiger partial charge in [-0.1, -0.05) is 31.4 Å². The van der Waals surface area contributed by atoms with E-state index in [0.29, 0.717) is 17.0 Å². The summed E-state index contributed by atoms with van der Waals surface area (Å²) in [5.74, 6) is -0.420. The number of hydrogen-bond donors (Lipinski definition) is 0. The van der Waals surface area contributed by atoms with E-state index >= 15 is 0 Å². The smallest absolute Gasteiger partial charge is 0.260 e. The Bertz CT molecular complexity index is 414. The number of unbranched alkanes of at least 4 members (excludes halogenated alkanes) is 2. The van der Waals surface area contributed by atoms with Crippen molar-refractivity contribution in [3.05, 3.63) is 34.9 Å². The molecule has 0 atom stereocenters. The molecule has 0 unspecified atom stereocenters. The fourth-order valence-electron chi connectivity index (χ4n) is 1.59. The number of imide groups is 1. The van der Waals surface area contributed by atoms with Crippen LogP contribution in [0, 0.1) is 0 Å². The number of amides is 2. The van der Waals surface area contributed by atoms with Gasteiger partial charge in [-0.15, -0.1) is 0 Å². The van der Waals surface area contributed by atoms with Gasteiger partial charge < -0.3 is 0 Å². The molecule has 0 aromatic heterocycles. The molecule has 1 rings (SSSR count). The van der Waals surface area contributed by atoms with E-state index in [4.69, 9.17) is 11.6 Å². The molecular weight excluding hydrogens is 250 g/mol. The van der Waals surface area contributed by atoms with Crippen LogP contribution < -0.4 is 0 Å². The molecule has 2 amide bonds. The second kappa shape index (κ2) is 7.17. The van der Waals surface area contributed by atoms with E-state index < -0.39 is 0 Å². The molecule has 18 heavy (non-hydrogen) atoms. The highest BCUT2D eigenvalue weighted by Crippen LogP contribution is 2.12. The Hall–Kier alpha value is -1.35. The van der Waals surface area contributed by atoms with Gasteiger partial charge in [0.05, 0.1) is 0 Å². The lowest BCUT2D eigenvalue weighted by Crippen LogP contribution is -2.32. The highest BCUT2D eigenvalue weighted by atomic mass is 35.5. The third-order valence-electron chi connectivity index (χ3n) is 2.76. The number of rotatable bonds is 5. The topological polar surface area (TPSA) is 37.4 Å². The van der Waals surface area contributed by atoms with Crippen molar-refractivity contribution in [1.82, 2.24) is 4.90 Å². The molecule has 0 spiro atoms. The molecule has 0 aliphatic carbocycles. The first-order chi connectivity index (χ1) is 8.56. The summed E-state index contributed by atoms with van der Waals surface area (Å²) < 4.78 is 0. The van der Waals surface area contributed by atoms with Gasteiger partial charge in [-0.25, -0.2) is 0 Å². The van der Waals surface area contributed by atoms with Gasteiger partial charge in [-0.2, -0.15) is 0 Å². The molecule has 0 aliphatic heterocycles. The summed E-state index contributed by atoms with van der Waals surface area (Å²) in [6.45, 7) is 2.08. The molecule has 98 valence electrons. The van der Waals surface area contributed by atoms with Crippen molar-refractivity contribution in [3.63, 3.8) is 0 Å². The maximum atomic E-state index is 12.0. The van der Waals surface area contributed by atoms with Gasteiger partial charge in [0, 0.05) is 24.1 Å². The van der Waals surface area contributed by atoms with E-state index in [-0.39, 0.29) is 11.8 Å². The number of hydrogen-bond acceptors (Lipinski definition) is 2. The number of halogens is 1. The van der Waals surface area contributed by atoms with Crippen LogP contribution in [0.3, 0.4) is 0 Å². The van der Waals surface area contributed by atoms with E-state index in [0.717, 1.165) is 19.3 Å². The predicted octanol–water partition coefficient (Wildman–Crippen LogP) is 3.52. The van der Waals surface area contributed by atoms with Crippen LogP contribution in [0.1, 0.15) is 43.0 Å². The minimum atomic E-state index is -0.284. The first-order valence-electron chi connectivity index (χ1n) is 6.12. The van der Waals surface area contributed by atoms with Gasteiger partial charge in [0.1, 0.15) is 0 Å². The molecular formula is C14H18ClNO2. The van der Waals surface area contributed by atoms with E-state index in [2.05, 4.69) is 6.92 Å². The van der Waals surface area contributed by atoms with Crippen LogP contribution >= 0.6 is 11.6 Å². The van der Waals surface area contributed by atoms with Gasteiger partial charge in [0.2, 0.25) is 5.91 Å². The van der Waals surface area contributed by atoms with Crippen molar-refractivity contribution in [2.45, 2.75) is 32.6 Å². The largest absolute Gasteiger partial charge is 0.282 e. The minimum absolute atomic E-state index is 0.136. The Morgan fingerprint density at radius 2 is 1.78 bits per heavy atom. The Balaban J connectivity index is 2.60. The maximum absolute atomic E-state index is 12.0. The first kappa shape index (κ1) is 14.7. The summed E-state index contributed by atoms with van der Waals surface area (Å²) in [4.78, 5) is 25.0. The van der Waals surface area contributed by atoms with Crippen molar-refractivity contribution < 1.29 is 9.59 Å². The molecule has 1 aromatic rings. The van der Waals surface area contributed by atoms with Crippen molar-refractivity contribution in [2.24, 2.45) is 0 Å². The van der Waals surface area contributed by atoms with Gasteiger partial charge in [0.25, 0.3) is 5.91 Å². The van der Waals surface area contributed by atoms with Crippen LogP contribution in [0.5, 0.6) is 0 Å². The van der Waals surface area contributed by atoms with Gasteiger partial charge in [-0.3, -0.25) is 14.5 Å². The van der Waals surface area contributed by atoms with Crippen molar-refractivity contribution in [3.8, 4) is 0 Å². The van der Waals surface area contributed by atoms with Gasteiger partial charge in [-0.05, 0) is 30.7 Å². The summed E-state index contributed by atoms with van der Waals surface area (Å²) in [7, 11) is 1.52. The molecule has 3 nitrogen and oxygen atoms in total. The molecule has 0 saturated carbocycles. The molecule has 4 heteroatoms. The number of benzene rings is 1. The second-order valence-electron chi connectivity index (χ2n) is 4.22. The van der Waals surface area contributed by atoms with E-state index in [9.17, 15) is 9.59 Å². The van der Waals surface area contributed by atoms with Crippen LogP contribution in [0.15, 0.2) is 24.3 Å². The second-order valence-corrected chi connectivity index (χ2v) is 4.66. The summed E-state index contributed by atoms with van der Waals surface area (Å²) in [6.07, 6.45) is 3.31. The summed E-state index contributed by atoms with van der Waals surface area (Å²) in [5.41, 5.74) is 0.478. The monoisotopic (exact) mass is 267 g/mol. The van der Waals surface area contributed by atoms with Gasteiger partial charge in [0.15, 0.2) is 0 Å². The van der Waals surface area contributed by atoms with Crippen LogP contribution in [-0.2, 0) is 4.79 Å². The number of carbonyl (C=O) groups excluding carboxylic acids is 2. The predicted molar refractivity (Wildman–Crippen MR) is 72.7 cm³/mol. The molecule has 1 aromatic carbocycles. The molecule has 0 fully saturated rings. The Labute approximate surface area is 113 Å². The Morgan fingerprint density at radius 3 is 2.33 bits per heavy atom. The molecule has 0 bridgehead atoms. The van der Waals surface area contributed by atoms with E-state index in [1.54, 1.807) is 24.3 Å². The molecule has 0 radical (unpaired) electrons. The number of carbonyl (C=O) groups is 2. The van der Waals surface area contributed by atoms with E-state index in [1.165, 1.54) is 11.9 Å². The highest BCUT2D eigenvalue weighted by molar-refractivity contribution is 6.30. The van der Waals surface area contributed by atoms with Crippen molar-refractivity contribution in [1.29, 1.82) is 0 Å². The lowest BCUT2D eigenvalue weighted by Gasteiger charge is -2.15. The van der Waals surface area contributed by atoms with Gasteiger partial charge >= 0.3 is 0 Å². The van der Waals surface area contributed by atoms with Crippen LogP contribution in [0.2, 0.25) is 5.02 Å². The summed E-state index contributed by atoms with van der Waals surface area (Å²) in [6, 6.07) is 6.54. The van der Waals surface area contributed by atoms with Crippen LogP contribution in [0.4, 0.5) is 0 Å². The van der Waals surface area contributed by atoms with Crippen molar-refractivity contribution in [2.75, 3.05) is 7.05 Å². The molecule has 0 aliphatic rings. The zero-order valence-corrected chi connectivity index (χ0v) is 11.5. The Morgan fingerprint density at radius 1 is 1.17 bits per heavy atom. The lowest BCUT2D eigenvalue weighted by molar-refractivity contribution is -0.127. The lowest BCUT2D eigenvalue weighted by atomic mass is 10.1. The quantitative estimate of drug-likeness (QED) is 0.766. The highest BCUT2D eigenvalue weighted by Gasteiger charge is 2.17. The fourth-order valence-corrected chi connectivity index (χ4v) is 1.72. The molecule has 0 saturated heterocycles. The van der Waals surface area contributed by atoms with Crippen LogP contribution in [0.25, 0.3) is 0 Å². The SMILES string of the molecule is CCCCCC(=O)N(C)C(=O)c1ccc(Cl)cc1. The average Bonchev–Trinajstić information content (AvgIpc) is 2.38. The standard InChI is InChI=1S/C14H18ClNO2/c1-3-4-5-6-13(17)16(2)14(18)11-7-9-12(15)10-8-11/h7-10H,3-6H2,1-2H3. The van der Waals surface area contributed by atoms with Crippen LogP contribution in [-0.4, -0.2) is 23.8 Å². The third-order valence-corrected chi connectivity index (χ3v) is 3.02. The molecule has 0 heterocycles. The normalized spacial score (nSPS) is 10.2. The first-order valence-corrected chi connectivity index (χ1v) is 6.50. The summed E-state index contributed by atoms with van der Waals surface area (Å²) in [5, 5.41) is 0.573. The third kappa shape index (κ3) is 4.15. The number of nitrogens with zero attached hydrogens (tertiary/aromatic N) is 1. The Kier molecular flexibility index (Phi) is 5.86. The van der Waals surface area contributed by atoms with E-state index in [1.807, 2.05) is 0 Å². The zero-order valence-electron chi connectivity index (χ0n) is 10.8. The van der Waals surface area contributed by atoms with Crippen molar-refractivity contribution >= 4 is 23.4 Å².